The normalized spacial score (nSPS) is 15.1. The summed E-state index contributed by atoms with van der Waals surface area (Å²) in [7, 11) is 0. The number of rotatable bonds is 2. The van der Waals surface area contributed by atoms with Crippen LogP contribution in [0.5, 0.6) is 0 Å². The molecule has 46 heavy (non-hydrogen) atoms. The van der Waals surface area contributed by atoms with Gasteiger partial charge in [-0.2, -0.15) is 0 Å². The van der Waals surface area contributed by atoms with E-state index in [0.29, 0.717) is 0 Å². The number of hydrogen-bond donors (Lipinski definition) is 0. The Bertz CT molecular complexity index is 2250. The van der Waals surface area contributed by atoms with Crippen molar-refractivity contribution in [3.8, 4) is 44.5 Å². The molecule has 2 aliphatic carbocycles. The lowest BCUT2D eigenvalue weighted by Gasteiger charge is -2.31. The molecule has 0 unspecified atom stereocenters. The van der Waals surface area contributed by atoms with Crippen LogP contribution in [0, 0.1) is 13.8 Å². The molecule has 0 aliphatic heterocycles. The fourth-order valence-electron chi connectivity index (χ4n) is 9.13. The Kier molecular flexibility index (Phi) is 5.54. The minimum absolute atomic E-state index is 0.132. The van der Waals surface area contributed by atoms with Gasteiger partial charge in [0.05, 0.1) is 0 Å². The summed E-state index contributed by atoms with van der Waals surface area (Å²) < 4.78 is 0. The minimum Gasteiger partial charge on any atom is -0.0616 e. The molecule has 0 saturated heterocycles. The molecule has 0 fully saturated rings. The first-order chi connectivity index (χ1) is 22.2. The predicted octanol–water partition coefficient (Wildman–Crippen LogP) is 12.6. The van der Waals surface area contributed by atoms with E-state index in [4.69, 9.17) is 0 Å². The highest BCUT2D eigenvalue weighted by molar-refractivity contribution is 6.01. The molecule has 0 spiro atoms. The maximum absolute atomic E-state index is 2.50. The van der Waals surface area contributed by atoms with Crippen LogP contribution in [-0.2, 0) is 10.8 Å². The molecule has 0 bridgehead atoms. The molecule has 0 aromatic heterocycles. The zero-order valence-corrected chi connectivity index (χ0v) is 27.5. The Labute approximate surface area is 272 Å². The van der Waals surface area contributed by atoms with Crippen molar-refractivity contribution < 1.29 is 0 Å². The van der Waals surface area contributed by atoms with Crippen molar-refractivity contribution in [1.29, 1.82) is 0 Å². The Morgan fingerprint density at radius 3 is 1.22 bits per heavy atom. The van der Waals surface area contributed by atoms with Crippen LogP contribution in [0.25, 0.3) is 66.1 Å². The topological polar surface area (TPSA) is 0 Å². The van der Waals surface area contributed by atoms with Gasteiger partial charge >= 0.3 is 0 Å². The van der Waals surface area contributed by atoms with Crippen LogP contribution in [0.4, 0.5) is 0 Å². The van der Waals surface area contributed by atoms with Crippen molar-refractivity contribution in [3.63, 3.8) is 0 Å². The SMILES string of the molecule is Cc1cc(-c2cccc3ccccc23)cc2c1-c1ccc3c(c1C2(C)C)C(C)(C)c1cc(-c2cccc4ccccc24)cc(C)c1-3. The van der Waals surface area contributed by atoms with Gasteiger partial charge in [-0.05, 0) is 125 Å². The molecule has 0 heterocycles. The molecule has 0 atom stereocenters. The van der Waals surface area contributed by atoms with E-state index in [9.17, 15) is 0 Å². The van der Waals surface area contributed by atoms with Gasteiger partial charge in [-0.1, -0.05) is 137 Å². The Morgan fingerprint density at radius 1 is 0.391 bits per heavy atom. The molecular formula is C46H38. The first-order valence-electron chi connectivity index (χ1n) is 16.6. The van der Waals surface area contributed by atoms with E-state index in [1.54, 1.807) is 0 Å². The summed E-state index contributed by atoms with van der Waals surface area (Å²) in [5, 5.41) is 5.20. The van der Waals surface area contributed by atoms with Crippen molar-refractivity contribution in [3.05, 3.63) is 155 Å². The van der Waals surface area contributed by atoms with E-state index in [1.165, 1.54) is 99.4 Å². The van der Waals surface area contributed by atoms with Gasteiger partial charge in [0, 0.05) is 10.8 Å². The highest BCUT2D eigenvalue weighted by Crippen LogP contribution is 2.60. The number of fused-ring (bicyclic) bond motifs is 9. The van der Waals surface area contributed by atoms with Crippen molar-refractivity contribution in [1.82, 2.24) is 0 Å². The van der Waals surface area contributed by atoms with Crippen molar-refractivity contribution in [2.75, 3.05) is 0 Å². The first-order valence-corrected chi connectivity index (χ1v) is 16.6. The van der Waals surface area contributed by atoms with Crippen LogP contribution < -0.4 is 0 Å². The molecule has 0 heteroatoms. The molecular weight excluding hydrogens is 553 g/mol. The molecule has 0 saturated carbocycles. The first kappa shape index (κ1) is 27.4. The van der Waals surface area contributed by atoms with E-state index in [-0.39, 0.29) is 10.8 Å². The second-order valence-corrected chi connectivity index (χ2v) is 14.6. The van der Waals surface area contributed by atoms with Gasteiger partial charge in [-0.25, -0.2) is 0 Å². The summed E-state index contributed by atoms with van der Waals surface area (Å²) in [5.41, 5.74) is 19.3. The molecule has 0 nitrogen and oxygen atoms in total. The highest BCUT2D eigenvalue weighted by Gasteiger charge is 2.46. The number of aryl methyl sites for hydroxylation is 2. The van der Waals surface area contributed by atoms with E-state index in [1.807, 2.05) is 0 Å². The Hall–Kier alpha value is -4.94. The lowest BCUT2D eigenvalue weighted by molar-refractivity contribution is 0.601. The average Bonchev–Trinajstić information content (AvgIpc) is 3.43. The zero-order valence-electron chi connectivity index (χ0n) is 27.5. The third-order valence-electron chi connectivity index (χ3n) is 11.2. The molecule has 0 radical (unpaired) electrons. The lowest BCUT2D eigenvalue weighted by atomic mass is 9.72. The van der Waals surface area contributed by atoms with Gasteiger partial charge in [0.2, 0.25) is 0 Å². The number of benzene rings is 7. The van der Waals surface area contributed by atoms with Crippen LogP contribution in [-0.4, -0.2) is 0 Å². The third kappa shape index (κ3) is 3.56. The van der Waals surface area contributed by atoms with Gasteiger partial charge in [0.1, 0.15) is 0 Å². The molecule has 0 N–H and O–H groups in total. The maximum Gasteiger partial charge on any atom is 0.0162 e. The van der Waals surface area contributed by atoms with Crippen LogP contribution >= 0.6 is 0 Å². The average molecular weight is 591 g/mol. The molecule has 7 aromatic carbocycles. The van der Waals surface area contributed by atoms with Crippen LogP contribution in [0.2, 0.25) is 0 Å². The number of hydrogen-bond acceptors (Lipinski definition) is 0. The lowest BCUT2D eigenvalue weighted by Crippen LogP contribution is -2.24. The van der Waals surface area contributed by atoms with Gasteiger partial charge in [0.15, 0.2) is 0 Å². The van der Waals surface area contributed by atoms with Gasteiger partial charge < -0.3 is 0 Å². The quantitative estimate of drug-likeness (QED) is 0.188. The van der Waals surface area contributed by atoms with E-state index < -0.39 is 0 Å². The van der Waals surface area contributed by atoms with Gasteiger partial charge in [-0.15, -0.1) is 0 Å². The molecule has 9 rings (SSSR count). The summed E-state index contributed by atoms with van der Waals surface area (Å²) in [6, 6.07) is 45.6. The van der Waals surface area contributed by atoms with Crippen LogP contribution in [0.1, 0.15) is 61.1 Å². The van der Waals surface area contributed by atoms with Crippen molar-refractivity contribution >= 4 is 21.5 Å². The summed E-state index contributed by atoms with van der Waals surface area (Å²) in [4.78, 5) is 0. The maximum atomic E-state index is 2.50. The van der Waals surface area contributed by atoms with Crippen LogP contribution in [0.15, 0.2) is 121 Å². The fourth-order valence-corrected chi connectivity index (χ4v) is 9.13. The van der Waals surface area contributed by atoms with E-state index >= 15 is 0 Å². The summed E-state index contributed by atoms with van der Waals surface area (Å²) in [5.74, 6) is 0. The summed E-state index contributed by atoms with van der Waals surface area (Å²) in [6.07, 6.45) is 0. The second-order valence-electron chi connectivity index (χ2n) is 14.6. The smallest absolute Gasteiger partial charge is 0.0162 e. The molecule has 222 valence electrons. The Balaban J connectivity index is 1.24. The minimum atomic E-state index is -0.132. The van der Waals surface area contributed by atoms with Gasteiger partial charge in [-0.3, -0.25) is 0 Å². The molecule has 7 aromatic rings. The summed E-state index contributed by atoms with van der Waals surface area (Å²) in [6.45, 7) is 14.4. The zero-order chi connectivity index (χ0) is 31.5. The molecule has 2 aliphatic rings. The second kappa shape index (κ2) is 9.30. The van der Waals surface area contributed by atoms with Crippen molar-refractivity contribution in [2.45, 2.75) is 52.4 Å². The van der Waals surface area contributed by atoms with E-state index in [0.717, 1.165) is 0 Å². The van der Waals surface area contributed by atoms with Crippen LogP contribution in [0.3, 0.4) is 0 Å². The fraction of sp³-hybridized carbons (Fsp3) is 0.174. The van der Waals surface area contributed by atoms with Gasteiger partial charge in [0.25, 0.3) is 0 Å². The Morgan fingerprint density at radius 2 is 0.783 bits per heavy atom. The highest BCUT2D eigenvalue weighted by atomic mass is 14.5. The molecule has 0 amide bonds. The van der Waals surface area contributed by atoms with E-state index in [2.05, 4.69) is 163 Å². The third-order valence-corrected chi connectivity index (χ3v) is 11.2. The predicted molar refractivity (Wildman–Crippen MR) is 197 cm³/mol. The largest absolute Gasteiger partial charge is 0.0616 e. The summed E-state index contributed by atoms with van der Waals surface area (Å²) >= 11 is 0. The monoisotopic (exact) mass is 590 g/mol. The standard InChI is InChI=1S/C46H38/c1-27-23-31(35-19-11-15-29-13-7-9-17-33(29)35)25-39-41(27)37-21-22-38-42-28(2)24-32(36-20-12-16-30-14-8-10-18-34(30)36)26-40(42)46(5,6)44(38)43(37)45(39,3)4/h7-26H,1-6H3. The van der Waals surface area contributed by atoms with Crippen molar-refractivity contribution in [2.24, 2.45) is 0 Å².